The van der Waals surface area contributed by atoms with Crippen LogP contribution in [0.4, 0.5) is 4.39 Å². The van der Waals surface area contributed by atoms with Gasteiger partial charge in [0.05, 0.1) is 16.6 Å². The molecule has 0 amide bonds. The van der Waals surface area contributed by atoms with Gasteiger partial charge >= 0.3 is 5.97 Å². The van der Waals surface area contributed by atoms with E-state index in [9.17, 15) is 17.6 Å². The molecule has 1 rings (SSSR count). The molecule has 0 spiro atoms. The van der Waals surface area contributed by atoms with Crippen molar-refractivity contribution in [1.82, 2.24) is 4.72 Å². The molecule has 1 atom stereocenters. The van der Waals surface area contributed by atoms with Crippen LogP contribution in [0.3, 0.4) is 0 Å². The van der Waals surface area contributed by atoms with Gasteiger partial charge < -0.3 is 10.2 Å². The van der Waals surface area contributed by atoms with Gasteiger partial charge in [0.15, 0.2) is 0 Å². The number of sulfonamides is 1. The van der Waals surface area contributed by atoms with Gasteiger partial charge in [-0.05, 0) is 31.5 Å². The molecule has 0 aliphatic rings. The van der Waals surface area contributed by atoms with E-state index in [1.165, 1.54) is 13.8 Å². The molecular formula is C11H14FNO5S. The topological polar surface area (TPSA) is 104 Å². The smallest absolute Gasteiger partial charge is 0.338 e. The largest absolute Gasteiger partial charge is 0.478 e. The maximum absolute atomic E-state index is 13.5. The lowest BCUT2D eigenvalue weighted by molar-refractivity contribution is 0.0691. The number of aromatic carboxylic acids is 1. The highest BCUT2D eigenvalue weighted by molar-refractivity contribution is 7.89. The van der Waals surface area contributed by atoms with E-state index >= 15 is 0 Å². The third kappa shape index (κ3) is 3.72. The molecule has 0 radical (unpaired) electrons. The molecule has 1 aromatic carbocycles. The van der Waals surface area contributed by atoms with Crippen molar-refractivity contribution in [3.8, 4) is 0 Å². The van der Waals surface area contributed by atoms with Crippen molar-refractivity contribution < 1.29 is 27.8 Å². The van der Waals surface area contributed by atoms with Crippen LogP contribution in [0.15, 0.2) is 17.0 Å². The Labute approximate surface area is 109 Å². The lowest BCUT2D eigenvalue weighted by Crippen LogP contribution is -2.31. The lowest BCUT2D eigenvalue weighted by atomic mass is 10.1. The Kier molecular flexibility index (Phi) is 4.61. The maximum atomic E-state index is 13.5. The van der Waals surface area contributed by atoms with Gasteiger partial charge in [-0.1, -0.05) is 0 Å². The number of carboxylic acids is 1. The fourth-order valence-electron chi connectivity index (χ4n) is 1.36. The Morgan fingerprint density at radius 3 is 2.53 bits per heavy atom. The molecule has 19 heavy (non-hydrogen) atoms. The first-order valence-electron chi connectivity index (χ1n) is 5.36. The fourth-order valence-corrected chi connectivity index (χ4v) is 2.59. The van der Waals surface area contributed by atoms with Crippen molar-refractivity contribution in [2.24, 2.45) is 0 Å². The van der Waals surface area contributed by atoms with Gasteiger partial charge in [-0.2, -0.15) is 0 Å². The second kappa shape index (κ2) is 5.64. The Bertz CT molecular complexity index is 597. The fraction of sp³-hybridized carbons (Fsp3) is 0.364. The molecule has 0 saturated carbocycles. The number of rotatable bonds is 5. The summed E-state index contributed by atoms with van der Waals surface area (Å²) in [4.78, 5) is 10.5. The zero-order valence-electron chi connectivity index (χ0n) is 10.3. The van der Waals surface area contributed by atoms with Gasteiger partial charge in [-0.3, -0.25) is 0 Å². The second-order valence-electron chi connectivity index (χ2n) is 4.11. The third-order valence-electron chi connectivity index (χ3n) is 2.34. The molecule has 0 aromatic heterocycles. The van der Waals surface area contributed by atoms with Crippen molar-refractivity contribution in [3.05, 3.63) is 29.1 Å². The number of aliphatic hydroxyl groups excluding tert-OH is 1. The van der Waals surface area contributed by atoms with Crippen LogP contribution in [-0.4, -0.2) is 37.2 Å². The van der Waals surface area contributed by atoms with Crippen molar-refractivity contribution in [2.75, 3.05) is 6.54 Å². The van der Waals surface area contributed by atoms with Gasteiger partial charge in [0, 0.05) is 6.54 Å². The predicted octanol–water partition coefficient (Wildman–Crippen LogP) is 0.491. The van der Waals surface area contributed by atoms with E-state index in [2.05, 4.69) is 4.72 Å². The average Bonchev–Trinajstić information content (AvgIpc) is 2.29. The van der Waals surface area contributed by atoms with Gasteiger partial charge in [-0.25, -0.2) is 22.3 Å². The van der Waals surface area contributed by atoms with Crippen LogP contribution in [0.2, 0.25) is 0 Å². The zero-order valence-corrected chi connectivity index (χ0v) is 11.2. The summed E-state index contributed by atoms with van der Waals surface area (Å²) in [5.74, 6) is -2.52. The summed E-state index contributed by atoms with van der Waals surface area (Å²) in [5.41, 5.74) is -0.797. The number of hydrogen-bond donors (Lipinski definition) is 3. The molecule has 6 nitrogen and oxygen atoms in total. The second-order valence-corrected chi connectivity index (χ2v) is 5.87. The third-order valence-corrected chi connectivity index (χ3v) is 3.74. The molecule has 0 aliphatic heterocycles. The molecule has 106 valence electrons. The van der Waals surface area contributed by atoms with Gasteiger partial charge in [0.2, 0.25) is 10.0 Å². The number of hydrogen-bond acceptors (Lipinski definition) is 4. The predicted molar refractivity (Wildman–Crippen MR) is 65.0 cm³/mol. The molecular weight excluding hydrogens is 277 g/mol. The summed E-state index contributed by atoms with van der Waals surface area (Å²) in [6.45, 7) is 2.44. The van der Waals surface area contributed by atoms with Crippen LogP contribution >= 0.6 is 0 Å². The molecule has 1 aromatic rings. The first-order valence-corrected chi connectivity index (χ1v) is 6.84. The minimum Gasteiger partial charge on any atom is -0.478 e. The van der Waals surface area contributed by atoms with Crippen LogP contribution in [0.5, 0.6) is 0 Å². The number of carbonyl (C=O) groups is 1. The Balaban J connectivity index is 3.25. The maximum Gasteiger partial charge on any atom is 0.338 e. The van der Waals surface area contributed by atoms with E-state index < -0.39 is 33.5 Å². The van der Waals surface area contributed by atoms with E-state index in [1.54, 1.807) is 0 Å². The summed E-state index contributed by atoms with van der Waals surface area (Å²) in [7, 11) is -3.99. The van der Waals surface area contributed by atoms with Crippen molar-refractivity contribution in [3.63, 3.8) is 0 Å². The van der Waals surface area contributed by atoms with E-state index in [0.29, 0.717) is 0 Å². The highest BCUT2D eigenvalue weighted by atomic mass is 32.2. The van der Waals surface area contributed by atoms with E-state index in [1.807, 2.05) is 0 Å². The van der Waals surface area contributed by atoms with Crippen molar-refractivity contribution in [1.29, 1.82) is 0 Å². The Morgan fingerprint density at radius 1 is 1.47 bits per heavy atom. The number of benzene rings is 1. The summed E-state index contributed by atoms with van der Waals surface area (Å²) in [6, 6.07) is 1.78. The van der Waals surface area contributed by atoms with E-state index in [4.69, 9.17) is 10.2 Å². The van der Waals surface area contributed by atoms with E-state index in [-0.39, 0.29) is 17.0 Å². The quantitative estimate of drug-likeness (QED) is 0.732. The minimum atomic E-state index is -3.99. The lowest BCUT2D eigenvalue weighted by Gasteiger charge is -2.10. The summed E-state index contributed by atoms with van der Waals surface area (Å²) < 4.78 is 39.3. The Morgan fingerprint density at radius 2 is 2.05 bits per heavy atom. The molecule has 0 fully saturated rings. The minimum absolute atomic E-state index is 0.0858. The van der Waals surface area contributed by atoms with Gasteiger partial charge in [0.1, 0.15) is 5.82 Å². The molecule has 0 aliphatic carbocycles. The van der Waals surface area contributed by atoms with Crippen LogP contribution < -0.4 is 4.72 Å². The highest BCUT2D eigenvalue weighted by Crippen LogP contribution is 2.19. The molecule has 8 heteroatoms. The van der Waals surface area contributed by atoms with Crippen LogP contribution in [0.1, 0.15) is 22.8 Å². The van der Waals surface area contributed by atoms with Crippen molar-refractivity contribution >= 4 is 16.0 Å². The van der Waals surface area contributed by atoms with Crippen LogP contribution in [-0.2, 0) is 10.0 Å². The zero-order chi connectivity index (χ0) is 14.8. The van der Waals surface area contributed by atoms with Crippen LogP contribution in [0, 0.1) is 12.7 Å². The van der Waals surface area contributed by atoms with E-state index in [0.717, 1.165) is 12.1 Å². The molecule has 0 bridgehead atoms. The number of carboxylic acid groups (broad SMARTS) is 1. The highest BCUT2D eigenvalue weighted by Gasteiger charge is 2.21. The normalized spacial score (nSPS) is 13.3. The number of aliphatic hydroxyl groups is 1. The standard InChI is InChI=1S/C11H14FNO5S/c1-6-3-8(4-9(10(6)12)11(15)16)19(17,18)13-5-7(2)14/h3-4,7,13-14H,5H2,1-2H3,(H,15,16)/t7-/m1/s1. The van der Waals surface area contributed by atoms with Gasteiger partial charge in [0.25, 0.3) is 0 Å². The first kappa shape index (κ1) is 15.5. The number of aryl methyl sites for hydroxylation is 1. The number of nitrogens with one attached hydrogen (secondary N) is 1. The van der Waals surface area contributed by atoms with Crippen molar-refractivity contribution in [2.45, 2.75) is 24.8 Å². The van der Waals surface area contributed by atoms with Gasteiger partial charge in [-0.15, -0.1) is 0 Å². The summed E-state index contributed by atoms with van der Waals surface area (Å²) >= 11 is 0. The Hall–Kier alpha value is -1.51. The summed E-state index contributed by atoms with van der Waals surface area (Å²) in [5, 5.41) is 17.8. The molecule has 0 heterocycles. The summed E-state index contributed by atoms with van der Waals surface area (Å²) in [6.07, 6.45) is -0.893. The van der Waals surface area contributed by atoms with Crippen LogP contribution in [0.25, 0.3) is 0 Å². The first-order chi connectivity index (χ1) is 8.65. The molecule has 0 unspecified atom stereocenters. The molecule has 0 saturated heterocycles. The number of halogens is 1. The monoisotopic (exact) mass is 291 g/mol. The SMILES string of the molecule is Cc1cc(S(=O)(=O)NC[C@@H](C)O)cc(C(=O)O)c1F. The molecule has 3 N–H and O–H groups in total. The average molecular weight is 291 g/mol.